The van der Waals surface area contributed by atoms with Gasteiger partial charge in [0, 0.05) is 11.6 Å². The number of carboxylic acids is 1. The maximum absolute atomic E-state index is 12.6. The van der Waals surface area contributed by atoms with Gasteiger partial charge in [0.2, 0.25) is 0 Å². The number of carbonyl (C=O) groups is 1. The summed E-state index contributed by atoms with van der Waals surface area (Å²) >= 11 is 5.20. The molecule has 0 bridgehead atoms. The third-order valence-electron chi connectivity index (χ3n) is 1.23. The number of carbonyl (C=O) groups excluding carboxylic acids is 1. The van der Waals surface area contributed by atoms with Crippen molar-refractivity contribution in [3.63, 3.8) is 0 Å². The van der Waals surface area contributed by atoms with Crippen LogP contribution in [0.3, 0.4) is 0 Å². The molecule has 0 aliphatic heterocycles. The molecule has 0 unspecified atom stereocenters. The summed E-state index contributed by atoms with van der Waals surface area (Å²) in [6, 6.07) is 1.06. The molecule has 0 heterocycles. The maximum Gasteiger partial charge on any atom is 1.00 e. The van der Waals surface area contributed by atoms with Gasteiger partial charge in [-0.1, -0.05) is 11.6 Å². The molecule has 0 amide bonds. The molecule has 0 saturated heterocycles. The summed E-state index contributed by atoms with van der Waals surface area (Å²) in [5, 5.41) is 9.70. The van der Waals surface area contributed by atoms with Gasteiger partial charge in [-0.05, 0) is 6.07 Å². The van der Waals surface area contributed by atoms with Crippen LogP contribution in [-0.4, -0.2) is 5.97 Å². The van der Waals surface area contributed by atoms with Crippen LogP contribution in [0.5, 0.6) is 0 Å². The minimum absolute atomic E-state index is 0. The van der Waals surface area contributed by atoms with E-state index in [4.69, 9.17) is 11.6 Å². The molecule has 0 N–H and O–H groups in total. The molecule has 0 aliphatic rings. The zero-order chi connectivity index (χ0) is 9.30. The SMILES string of the molecule is O=C([O-])c1cc(Cl)c(F)cc1F.[Na+]. The molecule has 6 heteroatoms. The van der Waals surface area contributed by atoms with E-state index < -0.39 is 28.2 Å². The fourth-order valence-corrected chi connectivity index (χ4v) is 0.843. The number of benzene rings is 1. The zero-order valence-corrected chi connectivity index (χ0v) is 9.36. The van der Waals surface area contributed by atoms with E-state index in [0.29, 0.717) is 12.1 Å². The van der Waals surface area contributed by atoms with Gasteiger partial charge in [0.1, 0.15) is 11.6 Å². The molecular weight excluding hydrogens is 213 g/mol. The fraction of sp³-hybridized carbons (Fsp3) is 0. The second kappa shape index (κ2) is 4.91. The third kappa shape index (κ3) is 2.91. The van der Waals surface area contributed by atoms with E-state index in [1.807, 2.05) is 0 Å². The van der Waals surface area contributed by atoms with Crippen LogP contribution < -0.4 is 34.7 Å². The fourth-order valence-electron chi connectivity index (χ4n) is 0.679. The quantitative estimate of drug-likeness (QED) is 0.400. The minimum Gasteiger partial charge on any atom is -0.545 e. The van der Waals surface area contributed by atoms with E-state index in [0.717, 1.165) is 0 Å². The van der Waals surface area contributed by atoms with E-state index in [1.165, 1.54) is 0 Å². The van der Waals surface area contributed by atoms with Crippen molar-refractivity contribution in [1.82, 2.24) is 0 Å². The predicted molar refractivity (Wildman–Crippen MR) is 35.7 cm³/mol. The molecule has 1 rings (SSSR count). The molecule has 0 aromatic heterocycles. The Balaban J connectivity index is 0.00000144. The Kier molecular flexibility index (Phi) is 4.85. The van der Waals surface area contributed by atoms with Gasteiger partial charge in [0.05, 0.1) is 11.0 Å². The summed E-state index contributed by atoms with van der Waals surface area (Å²) in [6.45, 7) is 0. The maximum atomic E-state index is 12.6. The van der Waals surface area contributed by atoms with Crippen molar-refractivity contribution in [1.29, 1.82) is 0 Å². The first-order valence-electron chi connectivity index (χ1n) is 2.88. The Morgan fingerprint density at radius 1 is 1.31 bits per heavy atom. The second-order valence-electron chi connectivity index (χ2n) is 2.03. The van der Waals surface area contributed by atoms with Crippen molar-refractivity contribution in [2.45, 2.75) is 0 Å². The third-order valence-corrected chi connectivity index (χ3v) is 1.52. The Bertz CT molecular complexity index is 344. The van der Waals surface area contributed by atoms with Crippen LogP contribution in [0.1, 0.15) is 10.4 Å². The van der Waals surface area contributed by atoms with Crippen LogP contribution in [0, 0.1) is 11.6 Å². The summed E-state index contributed by atoms with van der Waals surface area (Å²) in [6.07, 6.45) is 0. The monoisotopic (exact) mass is 214 g/mol. The summed E-state index contributed by atoms with van der Waals surface area (Å²) in [7, 11) is 0. The Hall–Kier alpha value is -0.160. The number of hydrogen-bond donors (Lipinski definition) is 0. The molecule has 13 heavy (non-hydrogen) atoms. The summed E-state index contributed by atoms with van der Waals surface area (Å²) in [4.78, 5) is 10.2. The summed E-state index contributed by atoms with van der Waals surface area (Å²) < 4.78 is 25.0. The largest absolute Gasteiger partial charge is 1.00 e. The Morgan fingerprint density at radius 2 is 1.85 bits per heavy atom. The summed E-state index contributed by atoms with van der Waals surface area (Å²) in [5.41, 5.74) is -0.749. The van der Waals surface area contributed by atoms with E-state index in [2.05, 4.69) is 0 Å². The van der Waals surface area contributed by atoms with Crippen LogP contribution in [-0.2, 0) is 0 Å². The number of carboxylic acid groups (broad SMARTS) is 1. The first-order valence-corrected chi connectivity index (χ1v) is 3.26. The molecule has 1 aromatic rings. The molecule has 0 fully saturated rings. The van der Waals surface area contributed by atoms with Crippen molar-refractivity contribution in [2.24, 2.45) is 0 Å². The molecule has 0 saturated carbocycles. The molecule has 0 radical (unpaired) electrons. The van der Waals surface area contributed by atoms with Gasteiger partial charge >= 0.3 is 29.6 Å². The van der Waals surface area contributed by atoms with E-state index in [1.54, 1.807) is 0 Å². The molecule has 64 valence electrons. The van der Waals surface area contributed by atoms with Crippen molar-refractivity contribution in [3.8, 4) is 0 Å². The average molecular weight is 215 g/mol. The van der Waals surface area contributed by atoms with Crippen molar-refractivity contribution in [3.05, 3.63) is 34.4 Å². The topological polar surface area (TPSA) is 40.1 Å². The van der Waals surface area contributed by atoms with Crippen LogP contribution >= 0.6 is 11.6 Å². The van der Waals surface area contributed by atoms with Crippen LogP contribution in [0.4, 0.5) is 8.78 Å². The van der Waals surface area contributed by atoms with E-state index in [-0.39, 0.29) is 29.6 Å². The van der Waals surface area contributed by atoms with Crippen LogP contribution in [0.2, 0.25) is 5.02 Å². The van der Waals surface area contributed by atoms with Gasteiger partial charge in [-0.3, -0.25) is 0 Å². The van der Waals surface area contributed by atoms with Crippen molar-refractivity contribution >= 4 is 17.6 Å². The molecule has 1 aromatic carbocycles. The molecule has 0 aliphatic carbocycles. The normalized spacial score (nSPS) is 9.15. The van der Waals surface area contributed by atoms with Crippen molar-refractivity contribution < 1.29 is 48.2 Å². The average Bonchev–Trinajstić information content (AvgIpc) is 1.96. The standard InChI is InChI=1S/C7H3ClF2O2.Na/c8-4-1-3(7(11)12)5(9)2-6(4)10;/h1-2H,(H,11,12);/q;+1/p-1. The van der Waals surface area contributed by atoms with Gasteiger partial charge in [-0.25, -0.2) is 8.78 Å². The zero-order valence-electron chi connectivity index (χ0n) is 6.61. The molecule has 0 atom stereocenters. The Labute approximate surface area is 99.8 Å². The van der Waals surface area contributed by atoms with E-state index in [9.17, 15) is 18.7 Å². The number of hydrogen-bond acceptors (Lipinski definition) is 2. The number of rotatable bonds is 1. The van der Waals surface area contributed by atoms with Crippen LogP contribution in [0.25, 0.3) is 0 Å². The number of halogens is 3. The van der Waals surface area contributed by atoms with Gasteiger partial charge in [0.25, 0.3) is 0 Å². The van der Waals surface area contributed by atoms with Gasteiger partial charge in [-0.2, -0.15) is 0 Å². The second-order valence-corrected chi connectivity index (χ2v) is 2.44. The van der Waals surface area contributed by atoms with Gasteiger partial charge in [-0.15, -0.1) is 0 Å². The number of aromatic carboxylic acids is 1. The van der Waals surface area contributed by atoms with Gasteiger partial charge in [0.15, 0.2) is 0 Å². The summed E-state index contributed by atoms with van der Waals surface area (Å²) in [5.74, 6) is -3.93. The molecule has 0 spiro atoms. The minimum atomic E-state index is -1.73. The first kappa shape index (κ1) is 12.8. The molecular formula is C7H2ClF2NaO2. The molecule has 2 nitrogen and oxygen atoms in total. The van der Waals surface area contributed by atoms with E-state index >= 15 is 0 Å². The van der Waals surface area contributed by atoms with Crippen LogP contribution in [0.15, 0.2) is 12.1 Å². The van der Waals surface area contributed by atoms with Crippen molar-refractivity contribution in [2.75, 3.05) is 0 Å². The Morgan fingerprint density at radius 3 is 2.31 bits per heavy atom. The first-order chi connectivity index (χ1) is 5.52. The predicted octanol–water partition coefficient (Wildman–Crippen LogP) is -2.01. The van der Waals surface area contributed by atoms with Gasteiger partial charge < -0.3 is 9.90 Å². The smallest absolute Gasteiger partial charge is 0.545 e.